The molecule has 0 aromatic heterocycles. The van der Waals surface area contributed by atoms with Crippen molar-refractivity contribution in [3.8, 4) is 0 Å². The number of rotatable bonds is 20. The van der Waals surface area contributed by atoms with Gasteiger partial charge in [0.1, 0.15) is 0 Å². The van der Waals surface area contributed by atoms with E-state index in [1.54, 1.807) is 0 Å². The quantitative estimate of drug-likeness (QED) is 0.117. The maximum absolute atomic E-state index is 11.6. The Bertz CT molecular complexity index is 400. The Morgan fingerprint density at radius 1 is 0.552 bits per heavy atom. The van der Waals surface area contributed by atoms with Crippen LogP contribution in [-0.2, 0) is 19.1 Å². The standard InChI is InChI=1S/C25H44O4/c1-3-5-7-9-11-13-15-17-22-28-24(26)20-19-21-25(27)29-23-18-16-14-12-10-8-6-4-2/h17-18,22-23H,3-16,19-21H2,1-2H3. The van der Waals surface area contributed by atoms with Gasteiger partial charge in [-0.05, 0) is 44.3 Å². The first kappa shape index (κ1) is 27.4. The van der Waals surface area contributed by atoms with Crippen LogP contribution in [-0.4, -0.2) is 11.9 Å². The molecule has 0 fully saturated rings. The lowest BCUT2D eigenvalue weighted by Crippen LogP contribution is -2.03. The molecular formula is C25H44O4. The maximum atomic E-state index is 11.6. The van der Waals surface area contributed by atoms with E-state index >= 15 is 0 Å². The normalized spacial score (nSPS) is 11.4. The Hall–Kier alpha value is -1.58. The largest absolute Gasteiger partial charge is 0.435 e. The molecule has 0 N–H and O–H groups in total. The summed E-state index contributed by atoms with van der Waals surface area (Å²) in [7, 11) is 0. The summed E-state index contributed by atoms with van der Waals surface area (Å²) in [5, 5.41) is 0. The molecule has 0 aliphatic carbocycles. The predicted octanol–water partition coefficient (Wildman–Crippen LogP) is 7.77. The SMILES string of the molecule is CCCCCCCCC=COC(=O)CCCC(=O)OC=CCCCCCCCC. The first-order valence-electron chi connectivity index (χ1n) is 11.9. The molecule has 0 rings (SSSR count). The minimum absolute atomic E-state index is 0.234. The first-order valence-corrected chi connectivity index (χ1v) is 11.9. The van der Waals surface area contributed by atoms with Gasteiger partial charge in [0.05, 0.1) is 12.5 Å². The van der Waals surface area contributed by atoms with Gasteiger partial charge in [-0.1, -0.05) is 78.1 Å². The second kappa shape index (κ2) is 22.7. The minimum Gasteiger partial charge on any atom is -0.435 e. The molecule has 0 amide bonds. The molecule has 0 aliphatic heterocycles. The van der Waals surface area contributed by atoms with E-state index in [0.717, 1.165) is 25.7 Å². The Labute approximate surface area is 179 Å². The summed E-state index contributed by atoms with van der Waals surface area (Å²) in [6, 6.07) is 0. The van der Waals surface area contributed by atoms with Crippen molar-refractivity contribution in [3.05, 3.63) is 24.7 Å². The summed E-state index contributed by atoms with van der Waals surface area (Å²) in [4.78, 5) is 23.2. The third-order valence-electron chi connectivity index (χ3n) is 4.80. The second-order valence-electron chi connectivity index (χ2n) is 7.69. The molecule has 0 heterocycles. The van der Waals surface area contributed by atoms with E-state index in [0.29, 0.717) is 6.42 Å². The monoisotopic (exact) mass is 408 g/mol. The van der Waals surface area contributed by atoms with Gasteiger partial charge in [0.25, 0.3) is 0 Å². The first-order chi connectivity index (χ1) is 14.2. The van der Waals surface area contributed by atoms with Crippen LogP contribution < -0.4 is 0 Å². The molecule has 0 bridgehead atoms. The van der Waals surface area contributed by atoms with Crippen molar-refractivity contribution < 1.29 is 19.1 Å². The Kier molecular flexibility index (Phi) is 21.5. The van der Waals surface area contributed by atoms with Crippen molar-refractivity contribution in [3.63, 3.8) is 0 Å². The van der Waals surface area contributed by atoms with Crippen LogP contribution in [0, 0.1) is 0 Å². The van der Waals surface area contributed by atoms with E-state index in [-0.39, 0.29) is 24.8 Å². The van der Waals surface area contributed by atoms with E-state index in [1.165, 1.54) is 76.7 Å². The van der Waals surface area contributed by atoms with Gasteiger partial charge in [-0.3, -0.25) is 9.59 Å². The Morgan fingerprint density at radius 3 is 1.34 bits per heavy atom. The summed E-state index contributed by atoms with van der Waals surface area (Å²) >= 11 is 0. The molecule has 4 nitrogen and oxygen atoms in total. The van der Waals surface area contributed by atoms with E-state index in [2.05, 4.69) is 13.8 Å². The molecular weight excluding hydrogens is 364 g/mol. The lowest BCUT2D eigenvalue weighted by molar-refractivity contribution is -0.139. The summed E-state index contributed by atoms with van der Waals surface area (Å²) in [6.07, 6.45) is 24.7. The summed E-state index contributed by atoms with van der Waals surface area (Å²) in [5.41, 5.74) is 0. The van der Waals surface area contributed by atoms with Crippen LogP contribution in [0.5, 0.6) is 0 Å². The van der Waals surface area contributed by atoms with Gasteiger partial charge in [-0.15, -0.1) is 0 Å². The van der Waals surface area contributed by atoms with Crippen molar-refractivity contribution in [2.75, 3.05) is 0 Å². The number of carbonyl (C=O) groups excluding carboxylic acids is 2. The van der Waals surface area contributed by atoms with Crippen LogP contribution in [0.4, 0.5) is 0 Å². The lowest BCUT2D eigenvalue weighted by Gasteiger charge is -2.01. The molecule has 0 spiro atoms. The smallest absolute Gasteiger partial charge is 0.310 e. The van der Waals surface area contributed by atoms with Gasteiger partial charge in [0.2, 0.25) is 0 Å². The molecule has 0 aromatic rings. The van der Waals surface area contributed by atoms with Gasteiger partial charge >= 0.3 is 11.9 Å². The molecule has 0 unspecified atom stereocenters. The molecule has 0 saturated heterocycles. The zero-order chi connectivity index (χ0) is 21.4. The number of carbonyl (C=O) groups is 2. The van der Waals surface area contributed by atoms with E-state index in [1.807, 2.05) is 12.2 Å². The highest BCUT2D eigenvalue weighted by Gasteiger charge is 2.05. The van der Waals surface area contributed by atoms with Crippen molar-refractivity contribution in [2.24, 2.45) is 0 Å². The fourth-order valence-electron chi connectivity index (χ4n) is 2.96. The molecule has 0 atom stereocenters. The number of hydrogen-bond acceptors (Lipinski definition) is 4. The van der Waals surface area contributed by atoms with Gasteiger partial charge in [0.15, 0.2) is 0 Å². The third kappa shape index (κ3) is 22.6. The highest BCUT2D eigenvalue weighted by atomic mass is 16.5. The molecule has 29 heavy (non-hydrogen) atoms. The van der Waals surface area contributed by atoms with Gasteiger partial charge in [-0.25, -0.2) is 0 Å². The summed E-state index contributed by atoms with van der Waals surface area (Å²) in [6.45, 7) is 4.43. The number of unbranched alkanes of at least 4 members (excludes halogenated alkanes) is 12. The summed E-state index contributed by atoms with van der Waals surface area (Å²) < 4.78 is 10.1. The van der Waals surface area contributed by atoms with Crippen LogP contribution in [0.1, 0.15) is 123 Å². The Morgan fingerprint density at radius 2 is 0.931 bits per heavy atom. The zero-order valence-electron chi connectivity index (χ0n) is 19.0. The highest BCUT2D eigenvalue weighted by molar-refractivity contribution is 5.73. The fraction of sp³-hybridized carbons (Fsp3) is 0.760. The number of allylic oxidation sites excluding steroid dienone is 2. The fourth-order valence-corrected chi connectivity index (χ4v) is 2.96. The Balaban J connectivity index is 3.48. The van der Waals surface area contributed by atoms with E-state index < -0.39 is 0 Å². The number of esters is 2. The van der Waals surface area contributed by atoms with Crippen LogP contribution in [0.3, 0.4) is 0 Å². The van der Waals surface area contributed by atoms with E-state index in [4.69, 9.17) is 9.47 Å². The van der Waals surface area contributed by atoms with Crippen molar-refractivity contribution >= 4 is 11.9 Å². The van der Waals surface area contributed by atoms with Gasteiger partial charge < -0.3 is 9.47 Å². The molecule has 0 aliphatic rings. The van der Waals surface area contributed by atoms with Crippen LogP contribution >= 0.6 is 0 Å². The van der Waals surface area contributed by atoms with Crippen LogP contribution in [0.15, 0.2) is 24.7 Å². The second-order valence-corrected chi connectivity index (χ2v) is 7.69. The topological polar surface area (TPSA) is 52.6 Å². The average Bonchev–Trinajstić information content (AvgIpc) is 2.71. The minimum atomic E-state index is -0.296. The lowest BCUT2D eigenvalue weighted by atomic mass is 10.1. The maximum Gasteiger partial charge on any atom is 0.310 e. The predicted molar refractivity (Wildman–Crippen MR) is 120 cm³/mol. The van der Waals surface area contributed by atoms with Crippen LogP contribution in [0.25, 0.3) is 0 Å². The molecule has 0 aromatic carbocycles. The number of ether oxygens (including phenoxy) is 2. The van der Waals surface area contributed by atoms with Crippen LogP contribution in [0.2, 0.25) is 0 Å². The average molecular weight is 409 g/mol. The zero-order valence-corrected chi connectivity index (χ0v) is 19.0. The van der Waals surface area contributed by atoms with Crippen molar-refractivity contribution in [1.29, 1.82) is 0 Å². The highest BCUT2D eigenvalue weighted by Crippen LogP contribution is 2.08. The van der Waals surface area contributed by atoms with Gasteiger partial charge in [0, 0.05) is 12.8 Å². The molecule has 0 saturated carbocycles. The van der Waals surface area contributed by atoms with Crippen molar-refractivity contribution in [1.82, 2.24) is 0 Å². The summed E-state index contributed by atoms with van der Waals surface area (Å²) in [5.74, 6) is -0.591. The van der Waals surface area contributed by atoms with Gasteiger partial charge in [-0.2, -0.15) is 0 Å². The van der Waals surface area contributed by atoms with Crippen molar-refractivity contribution in [2.45, 2.75) is 123 Å². The van der Waals surface area contributed by atoms with E-state index in [9.17, 15) is 9.59 Å². The molecule has 168 valence electrons. The number of hydrogen-bond donors (Lipinski definition) is 0. The molecule has 0 radical (unpaired) electrons. The molecule has 4 heteroatoms. The third-order valence-corrected chi connectivity index (χ3v) is 4.80.